The van der Waals surface area contributed by atoms with E-state index < -0.39 is 8.07 Å². The number of Topliss-reactive ketones (excluding diaryl/α,β-unsaturated/α-hetero) is 1. The Morgan fingerprint density at radius 1 is 0.867 bits per heavy atom. The first-order valence-corrected chi connectivity index (χ1v) is 14.5. The zero-order valence-electron chi connectivity index (χ0n) is 19.0. The van der Waals surface area contributed by atoms with E-state index in [1.165, 1.54) is 38.7 Å². The summed E-state index contributed by atoms with van der Waals surface area (Å²) in [4.78, 5) is 16.8. The molecule has 3 aromatic rings. The van der Waals surface area contributed by atoms with Crippen LogP contribution in [0.15, 0.2) is 54.7 Å². The Hall–Kier alpha value is -2.52. The van der Waals surface area contributed by atoms with Crippen molar-refractivity contribution in [3.63, 3.8) is 0 Å². The third-order valence-corrected chi connectivity index (χ3v) is 8.67. The van der Waals surface area contributed by atoms with Crippen molar-refractivity contribution in [1.29, 1.82) is 0 Å². The lowest BCUT2D eigenvalue weighted by Crippen LogP contribution is -2.39. The Morgan fingerprint density at radius 3 is 2.00 bits per heavy atom. The van der Waals surface area contributed by atoms with Crippen molar-refractivity contribution in [2.24, 2.45) is 0 Å². The standard InChI is InChI=1S/C27H31NOSi/c1-7-27(8-2)24-15-19(18(3)29)9-12-22(24)23-13-10-20(16-25(23)27)21-11-14-26(28-17-21)30(4,5)6/h9-17H,7-8H2,1-6H3. The molecule has 0 unspecified atom stereocenters. The molecule has 0 spiro atoms. The molecule has 0 radical (unpaired) electrons. The lowest BCUT2D eigenvalue weighted by molar-refractivity contribution is 0.101. The van der Waals surface area contributed by atoms with E-state index in [-0.39, 0.29) is 11.2 Å². The highest BCUT2D eigenvalue weighted by Gasteiger charge is 2.40. The summed E-state index contributed by atoms with van der Waals surface area (Å²) in [6.45, 7) is 13.2. The van der Waals surface area contributed by atoms with Crippen LogP contribution in [0.4, 0.5) is 0 Å². The summed E-state index contributed by atoms with van der Waals surface area (Å²) in [5.41, 5.74) is 8.42. The largest absolute Gasteiger partial charge is 0.295 e. The molecular formula is C27H31NOSi. The zero-order valence-corrected chi connectivity index (χ0v) is 20.0. The van der Waals surface area contributed by atoms with Gasteiger partial charge in [0.05, 0.1) is 0 Å². The molecule has 3 heteroatoms. The second kappa shape index (κ2) is 7.31. The number of carbonyl (C=O) groups is 1. The predicted octanol–water partition coefficient (Wildman–Crippen LogP) is 6.58. The van der Waals surface area contributed by atoms with E-state index in [0.29, 0.717) is 0 Å². The summed E-state index contributed by atoms with van der Waals surface area (Å²) in [6.07, 6.45) is 4.06. The summed E-state index contributed by atoms with van der Waals surface area (Å²) in [7, 11) is -1.40. The minimum atomic E-state index is -1.40. The monoisotopic (exact) mass is 413 g/mol. The van der Waals surface area contributed by atoms with Gasteiger partial charge in [-0.1, -0.05) is 63.8 Å². The lowest BCUT2D eigenvalue weighted by Gasteiger charge is -2.30. The van der Waals surface area contributed by atoms with Gasteiger partial charge in [0.25, 0.3) is 0 Å². The predicted molar refractivity (Wildman–Crippen MR) is 129 cm³/mol. The fourth-order valence-corrected chi connectivity index (χ4v) is 5.95. The zero-order chi connectivity index (χ0) is 21.7. The van der Waals surface area contributed by atoms with Crippen LogP contribution in [0.25, 0.3) is 22.3 Å². The number of pyridine rings is 1. The van der Waals surface area contributed by atoms with Crippen LogP contribution >= 0.6 is 0 Å². The molecule has 30 heavy (non-hydrogen) atoms. The van der Waals surface area contributed by atoms with Crippen LogP contribution in [-0.4, -0.2) is 18.8 Å². The number of hydrogen-bond donors (Lipinski definition) is 0. The van der Waals surface area contributed by atoms with Crippen molar-refractivity contribution in [3.8, 4) is 22.3 Å². The maximum atomic E-state index is 12.0. The van der Waals surface area contributed by atoms with Gasteiger partial charge in [0.1, 0.15) is 8.07 Å². The van der Waals surface area contributed by atoms with Crippen LogP contribution in [0, 0.1) is 0 Å². The quantitative estimate of drug-likeness (QED) is 0.349. The van der Waals surface area contributed by atoms with Gasteiger partial charge in [0, 0.05) is 22.5 Å². The fourth-order valence-electron chi connectivity index (χ4n) is 4.91. The van der Waals surface area contributed by atoms with E-state index in [1.54, 1.807) is 6.92 Å². The SMILES string of the molecule is CCC1(CC)c2cc(C(C)=O)ccc2-c2ccc(-c3ccc([Si](C)(C)C)nc3)cc21. The average molecular weight is 414 g/mol. The number of benzene rings is 2. The highest BCUT2D eigenvalue weighted by molar-refractivity contribution is 6.88. The summed E-state index contributed by atoms with van der Waals surface area (Å²) in [5.74, 6) is 0.129. The topological polar surface area (TPSA) is 30.0 Å². The number of nitrogens with zero attached hydrogens (tertiary/aromatic N) is 1. The van der Waals surface area contributed by atoms with Crippen LogP contribution in [0.1, 0.15) is 55.1 Å². The summed E-state index contributed by atoms with van der Waals surface area (Å²) in [5, 5.41) is 1.24. The maximum Gasteiger partial charge on any atom is 0.159 e. The minimum absolute atomic E-state index is 0.0438. The number of ketones is 1. The van der Waals surface area contributed by atoms with Crippen molar-refractivity contribution in [2.75, 3.05) is 0 Å². The van der Waals surface area contributed by atoms with Crippen LogP contribution in [0.3, 0.4) is 0 Å². The van der Waals surface area contributed by atoms with Crippen molar-refractivity contribution < 1.29 is 4.79 Å². The first-order chi connectivity index (χ1) is 14.2. The molecule has 1 heterocycles. The second-order valence-electron chi connectivity index (χ2n) is 9.55. The van der Waals surface area contributed by atoms with Gasteiger partial charge in [0.15, 0.2) is 5.78 Å². The average Bonchev–Trinajstić information content (AvgIpc) is 3.02. The van der Waals surface area contributed by atoms with Gasteiger partial charge >= 0.3 is 0 Å². The van der Waals surface area contributed by atoms with Gasteiger partial charge in [-0.05, 0) is 71.3 Å². The molecule has 1 aliphatic rings. The number of rotatable bonds is 5. The van der Waals surface area contributed by atoms with Crippen molar-refractivity contribution >= 4 is 19.2 Å². The third-order valence-electron chi connectivity index (χ3n) is 6.84. The van der Waals surface area contributed by atoms with Crippen LogP contribution in [-0.2, 0) is 5.41 Å². The van der Waals surface area contributed by atoms with Crippen molar-refractivity contribution in [1.82, 2.24) is 4.98 Å². The molecule has 0 N–H and O–H groups in total. The summed E-state index contributed by atoms with van der Waals surface area (Å²) < 4.78 is 0. The summed E-state index contributed by atoms with van der Waals surface area (Å²) in [6, 6.07) is 17.5. The molecule has 0 amide bonds. The van der Waals surface area contributed by atoms with Crippen LogP contribution < -0.4 is 5.32 Å². The molecule has 2 nitrogen and oxygen atoms in total. The van der Waals surface area contributed by atoms with E-state index in [0.717, 1.165) is 18.4 Å². The lowest BCUT2D eigenvalue weighted by atomic mass is 9.73. The number of carbonyl (C=O) groups excluding carboxylic acids is 1. The van der Waals surface area contributed by atoms with Gasteiger partial charge < -0.3 is 0 Å². The van der Waals surface area contributed by atoms with E-state index in [1.807, 2.05) is 12.3 Å². The molecule has 154 valence electrons. The van der Waals surface area contributed by atoms with E-state index in [2.05, 4.69) is 76.0 Å². The number of hydrogen-bond acceptors (Lipinski definition) is 2. The highest BCUT2D eigenvalue weighted by atomic mass is 28.3. The van der Waals surface area contributed by atoms with Crippen LogP contribution in [0.5, 0.6) is 0 Å². The van der Waals surface area contributed by atoms with Gasteiger partial charge in [-0.2, -0.15) is 0 Å². The Labute approximate surface area is 181 Å². The molecule has 2 aromatic carbocycles. The highest BCUT2D eigenvalue weighted by Crippen LogP contribution is 2.53. The molecule has 4 rings (SSSR count). The second-order valence-corrected chi connectivity index (χ2v) is 14.6. The Morgan fingerprint density at radius 2 is 1.47 bits per heavy atom. The van der Waals surface area contributed by atoms with Crippen molar-refractivity contribution in [3.05, 3.63) is 71.4 Å². The van der Waals surface area contributed by atoms with E-state index in [4.69, 9.17) is 4.98 Å². The van der Waals surface area contributed by atoms with Crippen LogP contribution in [0.2, 0.25) is 19.6 Å². The van der Waals surface area contributed by atoms with Gasteiger partial charge in [-0.25, -0.2) is 0 Å². The molecule has 0 fully saturated rings. The molecule has 1 aliphatic carbocycles. The summed E-state index contributed by atoms with van der Waals surface area (Å²) >= 11 is 0. The first-order valence-electron chi connectivity index (χ1n) is 11.0. The van der Waals surface area contributed by atoms with Gasteiger partial charge in [-0.15, -0.1) is 0 Å². The van der Waals surface area contributed by atoms with E-state index in [9.17, 15) is 4.79 Å². The van der Waals surface area contributed by atoms with Crippen molar-refractivity contribution in [2.45, 2.75) is 58.7 Å². The minimum Gasteiger partial charge on any atom is -0.295 e. The Balaban J connectivity index is 1.85. The normalized spacial score (nSPS) is 14.3. The van der Waals surface area contributed by atoms with Gasteiger partial charge in [-0.3, -0.25) is 9.78 Å². The smallest absolute Gasteiger partial charge is 0.159 e. The Kier molecular flexibility index (Phi) is 5.06. The molecule has 0 bridgehead atoms. The first kappa shape index (κ1) is 20.7. The molecule has 0 atom stereocenters. The fraction of sp³-hybridized carbons (Fsp3) is 0.333. The third kappa shape index (κ3) is 3.16. The number of fused-ring (bicyclic) bond motifs is 3. The maximum absolute atomic E-state index is 12.0. The molecule has 0 saturated carbocycles. The van der Waals surface area contributed by atoms with E-state index >= 15 is 0 Å². The molecule has 0 saturated heterocycles. The Bertz CT molecular complexity index is 1120. The van der Waals surface area contributed by atoms with Gasteiger partial charge in [0.2, 0.25) is 0 Å². The molecule has 0 aliphatic heterocycles. The molecular weight excluding hydrogens is 382 g/mol. The number of aromatic nitrogens is 1. The molecule has 1 aromatic heterocycles.